The summed E-state index contributed by atoms with van der Waals surface area (Å²) in [5.74, 6) is 1.14. The van der Waals surface area contributed by atoms with Crippen molar-refractivity contribution in [2.75, 3.05) is 29.9 Å². The van der Waals surface area contributed by atoms with Crippen LogP contribution in [0.5, 0.6) is 5.75 Å². The van der Waals surface area contributed by atoms with Crippen LogP contribution in [0, 0.1) is 0 Å². The number of hydrogen-bond acceptors (Lipinski definition) is 5. The molecule has 0 aliphatic carbocycles. The molecule has 2 aliphatic rings. The molecule has 2 N–H and O–H groups in total. The number of anilines is 2. The maximum Gasteiger partial charge on any atom is 0.265 e. The number of fused-ring (bicyclic) bond motifs is 1. The molecule has 1 atom stereocenters. The lowest BCUT2D eigenvalue weighted by atomic mass is 10.1. The van der Waals surface area contributed by atoms with Crippen LogP contribution in [0.1, 0.15) is 5.56 Å². The Bertz CT molecular complexity index is 856. The van der Waals surface area contributed by atoms with Gasteiger partial charge in [-0.25, -0.2) is 4.98 Å². The van der Waals surface area contributed by atoms with Crippen LogP contribution in [0.25, 0.3) is 0 Å². The zero-order valence-corrected chi connectivity index (χ0v) is 14.6. The predicted octanol–water partition coefficient (Wildman–Crippen LogP) is 1.61. The van der Waals surface area contributed by atoms with E-state index in [2.05, 4.69) is 15.6 Å². The number of hydrogen-bond donors (Lipinski definition) is 2. The van der Waals surface area contributed by atoms with Crippen molar-refractivity contribution in [2.24, 2.45) is 0 Å². The van der Waals surface area contributed by atoms with E-state index in [0.29, 0.717) is 41.8 Å². The first-order chi connectivity index (χ1) is 12.6. The molecule has 0 spiro atoms. The molecule has 1 fully saturated rings. The summed E-state index contributed by atoms with van der Waals surface area (Å²) in [6, 6.07) is 8.89. The van der Waals surface area contributed by atoms with E-state index in [1.54, 1.807) is 30.5 Å². The van der Waals surface area contributed by atoms with Crippen LogP contribution in [0.3, 0.4) is 0 Å². The first-order valence-corrected chi connectivity index (χ1v) is 8.70. The fraction of sp³-hybridized carbons (Fsp3) is 0.278. The molecule has 26 heavy (non-hydrogen) atoms. The normalized spacial score (nSPS) is 18.7. The molecule has 7 nitrogen and oxygen atoms in total. The molecule has 1 aromatic carbocycles. The Morgan fingerprint density at radius 2 is 2.23 bits per heavy atom. The van der Waals surface area contributed by atoms with E-state index in [1.807, 2.05) is 11.0 Å². The molecule has 0 radical (unpaired) electrons. The Morgan fingerprint density at radius 1 is 1.35 bits per heavy atom. The van der Waals surface area contributed by atoms with E-state index in [-0.39, 0.29) is 18.4 Å². The number of halogens is 1. The molecule has 134 valence electrons. The first kappa shape index (κ1) is 16.7. The Hall–Kier alpha value is -2.80. The second kappa shape index (κ2) is 6.84. The number of carbonyl (C=O) groups excluding carboxylic acids is 2. The van der Waals surface area contributed by atoms with Gasteiger partial charge in [-0.05, 0) is 35.9 Å². The zero-order valence-electron chi connectivity index (χ0n) is 13.9. The van der Waals surface area contributed by atoms with Gasteiger partial charge in [0.2, 0.25) is 5.91 Å². The van der Waals surface area contributed by atoms with Gasteiger partial charge in [0.05, 0.1) is 18.4 Å². The lowest BCUT2D eigenvalue weighted by molar-refractivity contribution is -0.122. The number of benzene rings is 1. The van der Waals surface area contributed by atoms with Crippen LogP contribution in [0.15, 0.2) is 36.5 Å². The Labute approximate surface area is 155 Å². The summed E-state index contributed by atoms with van der Waals surface area (Å²) in [5.41, 5.74) is 1.51. The SMILES string of the molecule is O=C1CN(c2ccc(NC(=O)C3Cc4cc(Cl)ccc4O3)cn2)CCN1. The minimum absolute atomic E-state index is 0.0199. The van der Waals surface area contributed by atoms with Crippen molar-refractivity contribution in [1.29, 1.82) is 0 Å². The number of carbonyl (C=O) groups is 2. The second-order valence-electron chi connectivity index (χ2n) is 6.23. The average molecular weight is 373 g/mol. The number of rotatable bonds is 3. The second-order valence-corrected chi connectivity index (χ2v) is 6.66. The number of aromatic nitrogens is 1. The first-order valence-electron chi connectivity index (χ1n) is 8.32. The molecule has 2 aromatic rings. The number of amides is 2. The van der Waals surface area contributed by atoms with Crippen molar-refractivity contribution >= 4 is 34.9 Å². The van der Waals surface area contributed by atoms with Crippen molar-refractivity contribution in [3.05, 3.63) is 47.1 Å². The lowest BCUT2D eigenvalue weighted by Crippen LogP contribution is -2.48. The van der Waals surface area contributed by atoms with Crippen molar-refractivity contribution in [1.82, 2.24) is 10.3 Å². The summed E-state index contributed by atoms with van der Waals surface area (Å²) in [4.78, 5) is 30.1. The summed E-state index contributed by atoms with van der Waals surface area (Å²) < 4.78 is 5.68. The molecule has 2 amide bonds. The van der Waals surface area contributed by atoms with E-state index in [1.165, 1.54) is 0 Å². The molecule has 0 saturated carbocycles. The van der Waals surface area contributed by atoms with Crippen molar-refractivity contribution in [2.45, 2.75) is 12.5 Å². The number of piperazine rings is 1. The summed E-state index contributed by atoms with van der Waals surface area (Å²) in [5, 5.41) is 6.21. The van der Waals surface area contributed by atoms with Gasteiger partial charge in [-0.1, -0.05) is 11.6 Å². The molecular weight excluding hydrogens is 356 g/mol. The quantitative estimate of drug-likeness (QED) is 0.855. The molecule has 8 heteroatoms. The highest BCUT2D eigenvalue weighted by Gasteiger charge is 2.29. The topological polar surface area (TPSA) is 83.6 Å². The maximum atomic E-state index is 12.4. The standard InChI is InChI=1S/C18H17ClN4O3/c19-12-1-3-14-11(7-12)8-15(26-14)18(25)22-13-2-4-16(21-9-13)23-6-5-20-17(24)10-23/h1-4,7,9,15H,5-6,8,10H2,(H,20,24)(H,22,25). The lowest BCUT2D eigenvalue weighted by Gasteiger charge is -2.27. The summed E-state index contributed by atoms with van der Waals surface area (Å²) >= 11 is 5.97. The summed E-state index contributed by atoms with van der Waals surface area (Å²) in [6.07, 6.45) is 1.48. The summed E-state index contributed by atoms with van der Waals surface area (Å²) in [7, 11) is 0. The van der Waals surface area contributed by atoms with Gasteiger partial charge in [0.25, 0.3) is 5.91 Å². The van der Waals surface area contributed by atoms with E-state index in [0.717, 1.165) is 5.56 Å². The fourth-order valence-electron chi connectivity index (χ4n) is 3.07. The van der Waals surface area contributed by atoms with Gasteiger partial charge in [-0.3, -0.25) is 9.59 Å². The third-order valence-corrected chi connectivity index (χ3v) is 4.60. The fourth-order valence-corrected chi connectivity index (χ4v) is 3.26. The van der Waals surface area contributed by atoms with E-state index >= 15 is 0 Å². The van der Waals surface area contributed by atoms with Crippen molar-refractivity contribution in [3.63, 3.8) is 0 Å². The monoisotopic (exact) mass is 372 g/mol. The van der Waals surface area contributed by atoms with Crippen molar-refractivity contribution in [3.8, 4) is 5.75 Å². The van der Waals surface area contributed by atoms with Crippen LogP contribution in [-0.2, 0) is 16.0 Å². The van der Waals surface area contributed by atoms with Crippen LogP contribution in [0.4, 0.5) is 11.5 Å². The van der Waals surface area contributed by atoms with Crippen LogP contribution < -0.4 is 20.3 Å². The highest BCUT2D eigenvalue weighted by atomic mass is 35.5. The van der Waals surface area contributed by atoms with Gasteiger partial charge in [0.15, 0.2) is 6.10 Å². The summed E-state index contributed by atoms with van der Waals surface area (Å²) in [6.45, 7) is 1.60. The average Bonchev–Trinajstić information content (AvgIpc) is 3.05. The van der Waals surface area contributed by atoms with Gasteiger partial charge >= 0.3 is 0 Å². The van der Waals surface area contributed by atoms with Crippen LogP contribution in [0.2, 0.25) is 5.02 Å². The predicted molar refractivity (Wildman–Crippen MR) is 97.7 cm³/mol. The molecule has 3 heterocycles. The van der Waals surface area contributed by atoms with Crippen LogP contribution >= 0.6 is 11.6 Å². The molecule has 1 aromatic heterocycles. The molecule has 2 aliphatic heterocycles. The molecule has 1 saturated heterocycles. The third kappa shape index (κ3) is 3.43. The van der Waals surface area contributed by atoms with E-state index in [4.69, 9.17) is 16.3 Å². The number of nitrogens with zero attached hydrogens (tertiary/aromatic N) is 2. The molecular formula is C18H17ClN4O3. The maximum absolute atomic E-state index is 12.4. The highest BCUT2D eigenvalue weighted by molar-refractivity contribution is 6.30. The Balaban J connectivity index is 1.38. The molecule has 4 rings (SSSR count). The highest BCUT2D eigenvalue weighted by Crippen LogP contribution is 2.31. The number of ether oxygens (including phenoxy) is 1. The number of nitrogens with one attached hydrogen (secondary N) is 2. The third-order valence-electron chi connectivity index (χ3n) is 4.37. The van der Waals surface area contributed by atoms with Gasteiger partial charge in [0, 0.05) is 24.5 Å². The minimum atomic E-state index is -0.589. The van der Waals surface area contributed by atoms with Gasteiger partial charge < -0.3 is 20.3 Å². The Morgan fingerprint density at radius 3 is 3.00 bits per heavy atom. The molecule has 1 unspecified atom stereocenters. The van der Waals surface area contributed by atoms with E-state index < -0.39 is 6.10 Å². The van der Waals surface area contributed by atoms with Gasteiger partial charge in [-0.2, -0.15) is 0 Å². The van der Waals surface area contributed by atoms with Gasteiger partial charge in [0.1, 0.15) is 11.6 Å². The Kier molecular flexibility index (Phi) is 4.38. The number of pyridine rings is 1. The molecule has 0 bridgehead atoms. The zero-order chi connectivity index (χ0) is 18.1. The minimum Gasteiger partial charge on any atom is -0.480 e. The van der Waals surface area contributed by atoms with E-state index in [9.17, 15) is 9.59 Å². The largest absolute Gasteiger partial charge is 0.480 e. The van der Waals surface area contributed by atoms with Gasteiger partial charge in [-0.15, -0.1) is 0 Å². The van der Waals surface area contributed by atoms with Crippen molar-refractivity contribution < 1.29 is 14.3 Å². The van der Waals surface area contributed by atoms with Crippen LogP contribution in [-0.4, -0.2) is 42.5 Å². The smallest absolute Gasteiger partial charge is 0.265 e.